The van der Waals surface area contributed by atoms with Crippen LogP contribution < -0.4 is 9.47 Å². The Kier molecular flexibility index (Phi) is 4.70. The molecule has 0 saturated carbocycles. The van der Waals surface area contributed by atoms with Gasteiger partial charge in [-0.3, -0.25) is 0 Å². The molecule has 20 heavy (non-hydrogen) atoms. The molecule has 0 radical (unpaired) electrons. The van der Waals surface area contributed by atoms with Crippen LogP contribution in [0.15, 0.2) is 18.2 Å². The molecule has 0 aliphatic rings. The van der Waals surface area contributed by atoms with Gasteiger partial charge in [0.25, 0.3) is 0 Å². The van der Waals surface area contributed by atoms with E-state index in [9.17, 15) is 26.3 Å². The summed E-state index contributed by atoms with van der Waals surface area (Å²) >= 11 is 0. The zero-order chi connectivity index (χ0) is 15.4. The highest BCUT2D eigenvalue weighted by molar-refractivity contribution is 5.47. The first-order valence-electron chi connectivity index (χ1n) is 5.04. The maximum Gasteiger partial charge on any atom is 0.422 e. The van der Waals surface area contributed by atoms with Crippen molar-refractivity contribution >= 4 is 0 Å². The van der Waals surface area contributed by atoms with E-state index in [2.05, 4.69) is 9.47 Å². The third kappa shape index (κ3) is 5.69. The molecule has 0 saturated heterocycles. The second-order valence-corrected chi connectivity index (χ2v) is 3.58. The summed E-state index contributed by atoms with van der Waals surface area (Å²) in [5.74, 6) is -0.678. The average molecular weight is 299 g/mol. The normalized spacial score (nSPS) is 11.8. The van der Waals surface area contributed by atoms with E-state index in [0.717, 1.165) is 18.2 Å². The highest BCUT2D eigenvalue weighted by Gasteiger charge is 2.30. The molecule has 0 N–H and O–H groups in total. The first-order chi connectivity index (χ1) is 9.11. The highest BCUT2D eigenvalue weighted by atomic mass is 19.4. The highest BCUT2D eigenvalue weighted by Crippen LogP contribution is 2.27. The fourth-order valence-corrected chi connectivity index (χ4v) is 1.14. The van der Waals surface area contributed by atoms with E-state index in [1.165, 1.54) is 6.07 Å². The summed E-state index contributed by atoms with van der Waals surface area (Å²) in [6, 6.07) is 4.31. The molecule has 1 rings (SSSR count). The smallest absolute Gasteiger partial charge is 0.422 e. The number of benzene rings is 1. The topological polar surface area (TPSA) is 42.2 Å². The summed E-state index contributed by atoms with van der Waals surface area (Å²) in [7, 11) is 0. The van der Waals surface area contributed by atoms with Crippen molar-refractivity contribution in [2.75, 3.05) is 13.2 Å². The summed E-state index contributed by atoms with van der Waals surface area (Å²) < 4.78 is 80.3. The van der Waals surface area contributed by atoms with Crippen molar-refractivity contribution in [1.29, 1.82) is 5.26 Å². The molecule has 0 atom stereocenters. The van der Waals surface area contributed by atoms with Gasteiger partial charge in [0.2, 0.25) is 0 Å². The van der Waals surface area contributed by atoms with Gasteiger partial charge in [0, 0.05) is 6.07 Å². The molecule has 3 nitrogen and oxygen atoms in total. The monoisotopic (exact) mass is 299 g/mol. The number of halogens is 6. The molecule has 1 aromatic rings. The van der Waals surface area contributed by atoms with Crippen LogP contribution in [0.4, 0.5) is 26.3 Å². The zero-order valence-corrected chi connectivity index (χ0v) is 9.68. The summed E-state index contributed by atoms with van der Waals surface area (Å²) in [4.78, 5) is 0. The van der Waals surface area contributed by atoms with Crippen molar-refractivity contribution in [3.8, 4) is 17.6 Å². The van der Waals surface area contributed by atoms with Gasteiger partial charge in [-0.25, -0.2) is 0 Å². The van der Waals surface area contributed by atoms with Gasteiger partial charge >= 0.3 is 12.4 Å². The van der Waals surface area contributed by atoms with Crippen molar-refractivity contribution in [2.24, 2.45) is 0 Å². The molecule has 0 aliphatic carbocycles. The molecule has 110 valence electrons. The predicted octanol–water partition coefficient (Wildman–Crippen LogP) is 3.44. The summed E-state index contributed by atoms with van der Waals surface area (Å²) in [5.41, 5.74) is -0.353. The van der Waals surface area contributed by atoms with Gasteiger partial charge in [-0.1, -0.05) is 0 Å². The van der Waals surface area contributed by atoms with Crippen LogP contribution in [-0.2, 0) is 0 Å². The standard InChI is InChI=1S/C11H7F6NO2/c12-10(13,14)5-19-8-1-2-9(7(3-8)4-18)20-6-11(15,16)17/h1-3H,5-6H2. The third-order valence-corrected chi connectivity index (χ3v) is 1.87. The molecule has 1 aromatic carbocycles. The van der Waals surface area contributed by atoms with E-state index >= 15 is 0 Å². The number of hydrogen-bond donors (Lipinski definition) is 0. The van der Waals surface area contributed by atoms with Crippen LogP contribution in [0.25, 0.3) is 0 Å². The molecular weight excluding hydrogens is 292 g/mol. The minimum atomic E-state index is -4.59. The molecule has 9 heteroatoms. The van der Waals surface area contributed by atoms with Crippen LogP contribution in [0, 0.1) is 11.3 Å². The fourth-order valence-electron chi connectivity index (χ4n) is 1.14. The van der Waals surface area contributed by atoms with Crippen LogP contribution in [0.3, 0.4) is 0 Å². The molecule has 0 heterocycles. The Bertz CT molecular complexity index is 503. The lowest BCUT2D eigenvalue weighted by Crippen LogP contribution is -2.20. The number of ether oxygens (including phenoxy) is 2. The Morgan fingerprint density at radius 1 is 0.950 bits per heavy atom. The molecule has 0 amide bonds. The summed E-state index contributed by atoms with van der Waals surface area (Å²) in [6.07, 6.45) is -9.14. The average Bonchev–Trinajstić information content (AvgIpc) is 2.32. The predicted molar refractivity (Wildman–Crippen MR) is 54.3 cm³/mol. The molecule has 0 aliphatic heterocycles. The van der Waals surface area contributed by atoms with Crippen LogP contribution >= 0.6 is 0 Å². The first kappa shape index (κ1) is 15.9. The Morgan fingerprint density at radius 3 is 2.00 bits per heavy atom. The summed E-state index contributed by atoms with van der Waals surface area (Å²) in [5, 5.41) is 8.71. The number of rotatable bonds is 4. The SMILES string of the molecule is N#Cc1cc(OCC(F)(F)F)ccc1OCC(F)(F)F. The second-order valence-electron chi connectivity index (χ2n) is 3.58. The second kappa shape index (κ2) is 5.90. The first-order valence-corrected chi connectivity index (χ1v) is 5.04. The van der Waals surface area contributed by atoms with Crippen LogP contribution in [0.5, 0.6) is 11.5 Å². The number of nitriles is 1. The van der Waals surface area contributed by atoms with Gasteiger partial charge in [-0.2, -0.15) is 31.6 Å². The number of hydrogen-bond acceptors (Lipinski definition) is 3. The molecule has 0 bridgehead atoms. The minimum Gasteiger partial charge on any atom is -0.484 e. The van der Waals surface area contributed by atoms with Crippen molar-refractivity contribution in [3.63, 3.8) is 0 Å². The van der Waals surface area contributed by atoms with Crippen LogP contribution in [0.1, 0.15) is 5.56 Å². The van der Waals surface area contributed by atoms with E-state index in [-0.39, 0.29) is 17.1 Å². The van der Waals surface area contributed by atoms with Crippen LogP contribution in [-0.4, -0.2) is 25.6 Å². The van der Waals surface area contributed by atoms with Gasteiger partial charge < -0.3 is 9.47 Å². The quantitative estimate of drug-likeness (QED) is 0.800. The molecule has 0 aromatic heterocycles. The van der Waals surface area contributed by atoms with Crippen molar-refractivity contribution in [3.05, 3.63) is 23.8 Å². The lowest BCUT2D eigenvalue weighted by molar-refractivity contribution is -0.154. The van der Waals surface area contributed by atoms with Crippen molar-refractivity contribution in [2.45, 2.75) is 12.4 Å². The minimum absolute atomic E-state index is 0.293. The molecule has 0 spiro atoms. The molecular formula is C11H7F6NO2. The van der Waals surface area contributed by atoms with Gasteiger partial charge in [0.15, 0.2) is 13.2 Å². The number of alkyl halides is 6. The maximum atomic E-state index is 12.0. The van der Waals surface area contributed by atoms with E-state index < -0.39 is 25.6 Å². The van der Waals surface area contributed by atoms with Gasteiger partial charge in [0.1, 0.15) is 17.6 Å². The lowest BCUT2D eigenvalue weighted by atomic mass is 10.2. The van der Waals surface area contributed by atoms with Gasteiger partial charge in [-0.05, 0) is 12.1 Å². The Labute approximate surface area is 109 Å². The van der Waals surface area contributed by atoms with Gasteiger partial charge in [-0.15, -0.1) is 0 Å². The number of nitrogens with zero attached hydrogens (tertiary/aromatic N) is 1. The fraction of sp³-hybridized carbons (Fsp3) is 0.364. The Balaban J connectivity index is 2.78. The van der Waals surface area contributed by atoms with Crippen molar-refractivity contribution in [1.82, 2.24) is 0 Å². The summed E-state index contributed by atoms with van der Waals surface area (Å²) in [6.45, 7) is -3.18. The van der Waals surface area contributed by atoms with E-state index in [4.69, 9.17) is 5.26 Å². The van der Waals surface area contributed by atoms with Gasteiger partial charge in [0.05, 0.1) is 5.56 Å². The largest absolute Gasteiger partial charge is 0.484 e. The lowest BCUT2D eigenvalue weighted by Gasteiger charge is -2.12. The zero-order valence-electron chi connectivity index (χ0n) is 9.68. The van der Waals surface area contributed by atoms with Crippen LogP contribution in [0.2, 0.25) is 0 Å². The maximum absolute atomic E-state index is 12.0. The van der Waals surface area contributed by atoms with E-state index in [0.29, 0.717) is 0 Å². The van der Waals surface area contributed by atoms with E-state index in [1.807, 2.05) is 0 Å². The molecule has 0 unspecified atom stereocenters. The van der Waals surface area contributed by atoms with Crippen molar-refractivity contribution < 1.29 is 35.8 Å². The molecule has 0 fully saturated rings. The Morgan fingerprint density at radius 2 is 1.50 bits per heavy atom. The van der Waals surface area contributed by atoms with E-state index in [1.54, 1.807) is 0 Å². The Hall–Kier alpha value is -2.11. The third-order valence-electron chi connectivity index (χ3n) is 1.87.